The fourth-order valence-corrected chi connectivity index (χ4v) is 6.34. The first kappa shape index (κ1) is 17.5. The molecule has 0 aliphatic carbocycles. The second-order valence-corrected chi connectivity index (χ2v) is 8.96. The summed E-state index contributed by atoms with van der Waals surface area (Å²) in [5.74, 6) is 0. The van der Waals surface area contributed by atoms with Crippen LogP contribution in [-0.4, -0.2) is 5.17 Å². The number of rotatable bonds is 3. The van der Waals surface area contributed by atoms with Crippen LogP contribution in [0.15, 0.2) is 106 Å². The van der Waals surface area contributed by atoms with Crippen molar-refractivity contribution in [3.05, 3.63) is 102 Å². The van der Waals surface area contributed by atoms with E-state index in [1.54, 1.807) is 0 Å². The molecule has 0 bridgehead atoms. The lowest BCUT2D eigenvalue weighted by Gasteiger charge is -2.26. The summed E-state index contributed by atoms with van der Waals surface area (Å²) < 4.78 is 9.95. The number of nitriles is 1. The molecule has 1 heterocycles. The van der Waals surface area contributed by atoms with Gasteiger partial charge in [-0.05, 0) is 0 Å². The molecule has 0 atom stereocenters. The maximum absolute atomic E-state index is 9.68. The monoisotopic (exact) mass is 387 g/mol. The van der Waals surface area contributed by atoms with Gasteiger partial charge >= 0.3 is 0 Å². The highest BCUT2D eigenvalue weighted by Gasteiger charge is 2.31. The van der Waals surface area contributed by atoms with Gasteiger partial charge < -0.3 is 0 Å². The summed E-state index contributed by atoms with van der Waals surface area (Å²) in [5.41, 5.74) is 1.77. The number of allylic oxidation sites excluding steroid dienone is 1. The van der Waals surface area contributed by atoms with Crippen molar-refractivity contribution in [3.8, 4) is 6.07 Å². The van der Waals surface area contributed by atoms with E-state index in [-0.39, 0.29) is 5.17 Å². The van der Waals surface area contributed by atoms with Crippen molar-refractivity contribution in [2.24, 2.45) is 9.51 Å². The van der Waals surface area contributed by atoms with Gasteiger partial charge in [-0.1, -0.05) is 103 Å². The third-order valence-electron chi connectivity index (χ3n) is 4.31. The fourth-order valence-electron chi connectivity index (χ4n) is 3.04. The molecule has 0 spiro atoms. The van der Waals surface area contributed by atoms with Crippen molar-refractivity contribution in [3.63, 3.8) is 0 Å². The van der Waals surface area contributed by atoms with Crippen LogP contribution in [-0.2, 0) is 0 Å². The summed E-state index contributed by atoms with van der Waals surface area (Å²) in [6, 6.07) is 31.8. The predicted molar refractivity (Wildman–Crippen MR) is 114 cm³/mol. The molecule has 0 radical (unpaired) electrons. The molecule has 1 aliphatic heterocycles. The highest BCUT2D eigenvalue weighted by atomic mass is 35.5. The third-order valence-corrected chi connectivity index (χ3v) is 7.72. The number of hydrogen-bond acceptors (Lipinski definition) is 3. The average Bonchev–Trinajstić information content (AvgIpc) is 2.75. The maximum atomic E-state index is 9.68. The van der Waals surface area contributed by atoms with E-state index in [0.29, 0.717) is 11.3 Å². The van der Waals surface area contributed by atoms with Crippen molar-refractivity contribution in [2.45, 2.75) is 0 Å². The van der Waals surface area contributed by atoms with Gasteiger partial charge in [-0.25, -0.2) is 9.51 Å². The van der Waals surface area contributed by atoms with E-state index in [1.165, 1.54) is 0 Å². The van der Waals surface area contributed by atoms with Crippen molar-refractivity contribution < 1.29 is 0 Å². The van der Waals surface area contributed by atoms with E-state index < -0.39 is 7.21 Å². The minimum Gasteiger partial charge on any atom is -0.234 e. The molecule has 3 aromatic rings. The maximum Gasteiger partial charge on any atom is 0.150 e. The zero-order valence-corrected chi connectivity index (χ0v) is 16.0. The fraction of sp³-hybridized carbons (Fsp3) is 0. The van der Waals surface area contributed by atoms with Gasteiger partial charge in [0.05, 0.1) is 5.70 Å². The lowest BCUT2D eigenvalue weighted by Crippen LogP contribution is -2.18. The van der Waals surface area contributed by atoms with Gasteiger partial charge in [0.25, 0.3) is 0 Å². The quantitative estimate of drug-likeness (QED) is 0.559. The molecule has 130 valence electrons. The lowest BCUT2D eigenvalue weighted by molar-refractivity contribution is 1.45. The van der Waals surface area contributed by atoms with Crippen molar-refractivity contribution in [1.29, 1.82) is 5.26 Å². The Morgan fingerprint density at radius 1 is 0.741 bits per heavy atom. The number of hydrogen-bond donors (Lipinski definition) is 0. The number of nitrogens with zero attached hydrogens (tertiary/aromatic N) is 3. The molecule has 0 N–H and O–H groups in total. The topological polar surface area (TPSA) is 48.5 Å². The summed E-state index contributed by atoms with van der Waals surface area (Å²) in [7, 11) is -2.55. The Hall–Kier alpha value is -2.92. The standard InChI is InChI=1S/C22H15ClN3P/c23-22-20(16-24)21(17-10-4-1-5-11-17)25-27(26-22,18-12-6-2-7-13-18)19-14-8-3-9-15-19/h1-15H. The Bertz CT molecular complexity index is 1080. The van der Waals surface area contributed by atoms with Gasteiger partial charge in [0.2, 0.25) is 0 Å². The summed E-state index contributed by atoms with van der Waals surface area (Å²) in [4.78, 5) is 0. The Morgan fingerprint density at radius 2 is 1.22 bits per heavy atom. The van der Waals surface area contributed by atoms with Gasteiger partial charge in [0, 0.05) is 16.2 Å². The molecular formula is C22H15ClN3P. The molecule has 5 heteroatoms. The van der Waals surface area contributed by atoms with Crippen LogP contribution in [0.25, 0.3) is 5.70 Å². The SMILES string of the molecule is N#CC1=C(c2ccccc2)N=P(c2ccccc2)(c2ccccc2)N=C1Cl. The molecule has 0 saturated carbocycles. The van der Waals surface area contributed by atoms with Gasteiger partial charge in [-0.2, -0.15) is 5.26 Å². The highest BCUT2D eigenvalue weighted by molar-refractivity contribution is 7.80. The first-order chi connectivity index (χ1) is 13.2. The Kier molecular flexibility index (Phi) is 4.77. The van der Waals surface area contributed by atoms with E-state index in [0.717, 1.165) is 16.2 Å². The zero-order chi connectivity index (χ0) is 18.7. The van der Waals surface area contributed by atoms with Gasteiger partial charge in [-0.15, -0.1) is 0 Å². The van der Waals surface area contributed by atoms with Crippen LogP contribution >= 0.6 is 18.8 Å². The van der Waals surface area contributed by atoms with Crippen LogP contribution in [0.5, 0.6) is 0 Å². The first-order valence-electron chi connectivity index (χ1n) is 8.44. The molecule has 0 unspecified atom stereocenters. The smallest absolute Gasteiger partial charge is 0.150 e. The van der Waals surface area contributed by atoms with Crippen LogP contribution < -0.4 is 10.6 Å². The van der Waals surface area contributed by atoms with E-state index in [4.69, 9.17) is 21.1 Å². The highest BCUT2D eigenvalue weighted by Crippen LogP contribution is 2.54. The summed E-state index contributed by atoms with van der Waals surface area (Å²) in [6.45, 7) is 0. The van der Waals surface area contributed by atoms with Crippen molar-refractivity contribution in [1.82, 2.24) is 0 Å². The minimum atomic E-state index is -2.55. The molecular weight excluding hydrogens is 373 g/mol. The van der Waals surface area contributed by atoms with Crippen LogP contribution in [0.1, 0.15) is 5.56 Å². The molecule has 3 aromatic carbocycles. The Labute approximate surface area is 163 Å². The lowest BCUT2D eigenvalue weighted by atomic mass is 10.1. The molecule has 0 saturated heterocycles. The first-order valence-corrected chi connectivity index (χ1v) is 10.5. The van der Waals surface area contributed by atoms with E-state index in [2.05, 4.69) is 6.07 Å². The second-order valence-electron chi connectivity index (χ2n) is 5.96. The summed E-state index contributed by atoms with van der Waals surface area (Å²) in [6.07, 6.45) is 0. The molecule has 27 heavy (non-hydrogen) atoms. The van der Waals surface area contributed by atoms with Gasteiger partial charge in [-0.3, -0.25) is 0 Å². The Morgan fingerprint density at radius 3 is 1.70 bits per heavy atom. The molecule has 0 aromatic heterocycles. The van der Waals surface area contributed by atoms with E-state index in [1.807, 2.05) is 91.0 Å². The van der Waals surface area contributed by atoms with Crippen LogP contribution in [0, 0.1) is 11.3 Å². The Balaban J connectivity index is 2.11. The van der Waals surface area contributed by atoms with Gasteiger partial charge in [0.15, 0.2) is 0 Å². The second kappa shape index (κ2) is 7.37. The normalized spacial score (nSPS) is 15.5. The predicted octanol–water partition coefficient (Wildman–Crippen LogP) is 5.34. The largest absolute Gasteiger partial charge is 0.234 e. The van der Waals surface area contributed by atoms with Crippen LogP contribution in [0.4, 0.5) is 0 Å². The van der Waals surface area contributed by atoms with Gasteiger partial charge in [0.1, 0.15) is 24.0 Å². The number of halogens is 1. The van der Waals surface area contributed by atoms with Crippen molar-refractivity contribution >= 4 is 40.3 Å². The van der Waals surface area contributed by atoms with E-state index >= 15 is 0 Å². The molecule has 0 amide bonds. The summed E-state index contributed by atoms with van der Waals surface area (Å²) in [5, 5.41) is 11.9. The minimum absolute atomic E-state index is 0.215. The van der Waals surface area contributed by atoms with Crippen LogP contribution in [0.3, 0.4) is 0 Å². The molecule has 0 fully saturated rings. The van der Waals surface area contributed by atoms with Crippen LogP contribution in [0.2, 0.25) is 0 Å². The molecule has 3 nitrogen and oxygen atoms in total. The molecule has 1 aliphatic rings. The average molecular weight is 388 g/mol. The number of benzene rings is 3. The van der Waals surface area contributed by atoms with Crippen molar-refractivity contribution in [2.75, 3.05) is 0 Å². The van der Waals surface area contributed by atoms with E-state index in [9.17, 15) is 5.26 Å². The summed E-state index contributed by atoms with van der Waals surface area (Å²) >= 11 is 6.55. The zero-order valence-electron chi connectivity index (χ0n) is 14.3. The molecule has 4 rings (SSSR count). The third kappa shape index (κ3) is 3.15.